The molecule has 2 N–H and O–H groups in total. The monoisotopic (exact) mass is 467 g/mol. The number of hydrogen-bond donors (Lipinski definition) is 2. The lowest BCUT2D eigenvalue weighted by Crippen LogP contribution is -2.38. The van der Waals surface area contributed by atoms with E-state index in [4.69, 9.17) is 9.47 Å². The van der Waals surface area contributed by atoms with Crippen LogP contribution in [0.5, 0.6) is 0 Å². The van der Waals surface area contributed by atoms with Crippen molar-refractivity contribution in [3.05, 3.63) is 22.4 Å². The topological polar surface area (TPSA) is 54.9 Å². The Kier molecular flexibility index (Phi) is 11.7. The third kappa shape index (κ3) is 8.13. The molecular weight excluding hydrogens is 437 g/mol. The van der Waals surface area contributed by atoms with E-state index in [2.05, 4.69) is 47.0 Å². The van der Waals surface area contributed by atoms with Crippen molar-refractivity contribution in [2.75, 3.05) is 39.5 Å². The van der Waals surface area contributed by atoms with Gasteiger partial charge in [0.05, 0.1) is 19.3 Å². The summed E-state index contributed by atoms with van der Waals surface area (Å²) in [6.45, 7) is 9.19. The first-order valence-electron chi connectivity index (χ1n) is 8.54. The molecule has 138 valence electrons. The van der Waals surface area contributed by atoms with Gasteiger partial charge in [-0.2, -0.15) is 0 Å². The Morgan fingerprint density at radius 3 is 3.04 bits per heavy atom. The van der Waals surface area contributed by atoms with E-state index in [0.717, 1.165) is 58.3 Å². The maximum atomic E-state index is 5.77. The number of halogens is 1. The van der Waals surface area contributed by atoms with Crippen LogP contribution in [0.25, 0.3) is 0 Å². The van der Waals surface area contributed by atoms with Gasteiger partial charge in [0.15, 0.2) is 5.96 Å². The van der Waals surface area contributed by atoms with Crippen molar-refractivity contribution < 1.29 is 9.47 Å². The molecule has 0 radical (unpaired) electrons. The minimum atomic E-state index is 0. The van der Waals surface area contributed by atoms with Gasteiger partial charge in [-0.1, -0.05) is 13.0 Å². The van der Waals surface area contributed by atoms with Gasteiger partial charge >= 0.3 is 0 Å². The first-order valence-corrected chi connectivity index (χ1v) is 9.42. The molecule has 0 spiro atoms. The van der Waals surface area contributed by atoms with Gasteiger partial charge in [0.1, 0.15) is 0 Å². The lowest BCUT2D eigenvalue weighted by atomic mass is 10.1. The number of rotatable bonds is 9. The smallest absolute Gasteiger partial charge is 0.191 e. The Morgan fingerprint density at radius 2 is 2.38 bits per heavy atom. The number of guanidine groups is 1. The first-order chi connectivity index (χ1) is 11.3. The minimum Gasteiger partial charge on any atom is -0.379 e. The summed E-state index contributed by atoms with van der Waals surface area (Å²) < 4.78 is 11.1. The molecule has 7 heteroatoms. The van der Waals surface area contributed by atoms with Crippen molar-refractivity contribution in [3.63, 3.8) is 0 Å². The molecule has 2 atom stereocenters. The summed E-state index contributed by atoms with van der Waals surface area (Å²) in [5.74, 6) is 1.34. The molecule has 0 aliphatic carbocycles. The zero-order chi connectivity index (χ0) is 16.3. The zero-order valence-corrected chi connectivity index (χ0v) is 17.8. The van der Waals surface area contributed by atoms with Crippen molar-refractivity contribution in [2.24, 2.45) is 4.99 Å². The number of aliphatic imine (C=N–C) groups is 1. The zero-order valence-electron chi connectivity index (χ0n) is 14.6. The fraction of sp³-hybridized carbons (Fsp3) is 0.706. The van der Waals surface area contributed by atoms with Gasteiger partial charge in [0.2, 0.25) is 0 Å². The van der Waals surface area contributed by atoms with Crippen molar-refractivity contribution in [2.45, 2.75) is 38.7 Å². The molecule has 0 aromatic carbocycles. The molecule has 5 nitrogen and oxygen atoms in total. The fourth-order valence-electron chi connectivity index (χ4n) is 2.40. The summed E-state index contributed by atoms with van der Waals surface area (Å²) in [6, 6.07) is 4.27. The van der Waals surface area contributed by atoms with Crippen molar-refractivity contribution in [1.29, 1.82) is 0 Å². The standard InChI is InChI=1S/C17H29N3O2S.HI/c1-3-18-17(20-12-14(2)16-6-4-11-23-16)19-8-5-9-22-15-7-10-21-13-15;/h4,6,11,14-15H,3,5,7-10,12-13H2,1-2H3,(H2,18,19,20);1H. The van der Waals surface area contributed by atoms with Crippen LogP contribution >= 0.6 is 35.3 Å². The van der Waals surface area contributed by atoms with E-state index in [9.17, 15) is 0 Å². The largest absolute Gasteiger partial charge is 0.379 e. The number of thiophene rings is 1. The summed E-state index contributed by atoms with van der Waals surface area (Å²) in [5, 5.41) is 8.79. The van der Waals surface area contributed by atoms with Gasteiger partial charge in [-0.25, -0.2) is 0 Å². The maximum absolute atomic E-state index is 5.77. The second-order valence-corrected chi connectivity index (χ2v) is 6.75. The van der Waals surface area contributed by atoms with E-state index >= 15 is 0 Å². The number of hydrogen-bond acceptors (Lipinski definition) is 4. The van der Waals surface area contributed by atoms with Crippen LogP contribution in [0.2, 0.25) is 0 Å². The van der Waals surface area contributed by atoms with E-state index in [1.54, 1.807) is 11.3 Å². The van der Waals surface area contributed by atoms with Gasteiger partial charge in [-0.3, -0.25) is 4.99 Å². The highest BCUT2D eigenvalue weighted by molar-refractivity contribution is 14.0. The highest BCUT2D eigenvalue weighted by atomic mass is 127. The molecule has 1 aromatic rings. The van der Waals surface area contributed by atoms with E-state index in [0.29, 0.717) is 12.0 Å². The van der Waals surface area contributed by atoms with Gasteiger partial charge in [-0.15, -0.1) is 35.3 Å². The highest BCUT2D eigenvalue weighted by Gasteiger charge is 2.15. The number of nitrogens with one attached hydrogen (secondary N) is 2. The summed E-state index contributed by atoms with van der Waals surface area (Å²) in [4.78, 5) is 6.07. The highest BCUT2D eigenvalue weighted by Crippen LogP contribution is 2.20. The molecule has 0 saturated carbocycles. The van der Waals surface area contributed by atoms with Crippen LogP contribution in [-0.2, 0) is 9.47 Å². The van der Waals surface area contributed by atoms with Crippen LogP contribution < -0.4 is 10.6 Å². The second-order valence-electron chi connectivity index (χ2n) is 5.77. The average Bonchev–Trinajstić information content (AvgIpc) is 3.25. The molecule has 24 heavy (non-hydrogen) atoms. The molecule has 1 aromatic heterocycles. The summed E-state index contributed by atoms with van der Waals surface area (Å²) in [7, 11) is 0. The molecule has 2 unspecified atom stereocenters. The lowest BCUT2D eigenvalue weighted by molar-refractivity contribution is 0.0420. The number of ether oxygens (including phenoxy) is 2. The van der Waals surface area contributed by atoms with Crippen LogP contribution in [0.3, 0.4) is 0 Å². The maximum Gasteiger partial charge on any atom is 0.191 e. The molecule has 1 fully saturated rings. The molecule has 2 rings (SSSR count). The molecule has 0 bridgehead atoms. The van der Waals surface area contributed by atoms with Crippen molar-refractivity contribution >= 4 is 41.3 Å². The number of nitrogens with zero attached hydrogens (tertiary/aromatic N) is 1. The van der Waals surface area contributed by atoms with Gasteiger partial charge in [-0.05, 0) is 31.2 Å². The summed E-state index contributed by atoms with van der Waals surface area (Å²) >= 11 is 1.80. The van der Waals surface area contributed by atoms with Crippen LogP contribution in [0.1, 0.15) is 37.5 Å². The van der Waals surface area contributed by atoms with Crippen molar-refractivity contribution in [3.8, 4) is 0 Å². The minimum absolute atomic E-state index is 0. The second kappa shape index (κ2) is 12.9. The summed E-state index contributed by atoms with van der Waals surface area (Å²) in [6.07, 6.45) is 2.29. The van der Waals surface area contributed by atoms with E-state index < -0.39 is 0 Å². The van der Waals surface area contributed by atoms with Crippen LogP contribution in [0.15, 0.2) is 22.5 Å². The van der Waals surface area contributed by atoms with Gasteiger partial charge in [0.25, 0.3) is 0 Å². The van der Waals surface area contributed by atoms with E-state index in [1.807, 2.05) is 0 Å². The Balaban J connectivity index is 0.00000288. The van der Waals surface area contributed by atoms with Crippen molar-refractivity contribution in [1.82, 2.24) is 10.6 Å². The van der Waals surface area contributed by atoms with Gasteiger partial charge in [0, 0.05) is 37.1 Å². The van der Waals surface area contributed by atoms with Crippen LogP contribution in [0.4, 0.5) is 0 Å². The Labute approximate surface area is 166 Å². The van der Waals surface area contributed by atoms with Gasteiger partial charge < -0.3 is 20.1 Å². The van der Waals surface area contributed by atoms with Crippen LogP contribution in [-0.4, -0.2) is 51.5 Å². The average molecular weight is 467 g/mol. The molecule has 1 saturated heterocycles. The summed E-state index contributed by atoms with van der Waals surface area (Å²) in [5.41, 5.74) is 0. The Hall–Kier alpha value is -0.380. The quantitative estimate of drug-likeness (QED) is 0.254. The molecule has 1 aliphatic heterocycles. The Bertz CT molecular complexity index is 451. The predicted molar refractivity (Wildman–Crippen MR) is 112 cm³/mol. The molecule has 2 heterocycles. The van der Waals surface area contributed by atoms with E-state index in [-0.39, 0.29) is 24.0 Å². The van der Waals surface area contributed by atoms with Crippen LogP contribution in [0, 0.1) is 0 Å². The third-order valence-corrected chi connectivity index (χ3v) is 4.86. The predicted octanol–water partition coefficient (Wildman–Crippen LogP) is 3.22. The molecule has 1 aliphatic rings. The molecule has 0 amide bonds. The lowest BCUT2D eigenvalue weighted by Gasteiger charge is -2.14. The normalized spacial score (nSPS) is 18.9. The first kappa shape index (κ1) is 21.7. The molecular formula is C17H30IN3O2S. The Morgan fingerprint density at radius 1 is 1.50 bits per heavy atom. The SMILES string of the molecule is CCNC(=NCC(C)c1cccs1)NCCCOC1CCOC1.I. The third-order valence-electron chi connectivity index (χ3n) is 3.75. The van der Waals surface area contributed by atoms with E-state index in [1.165, 1.54) is 4.88 Å². The fourth-order valence-corrected chi connectivity index (χ4v) is 3.18.